The highest BCUT2D eigenvalue weighted by atomic mass is 35.5. The summed E-state index contributed by atoms with van der Waals surface area (Å²) in [5.41, 5.74) is -1.34. The molecule has 1 amide bonds. The number of benzene rings is 2. The van der Waals surface area contributed by atoms with Crippen molar-refractivity contribution in [2.45, 2.75) is 12.4 Å². The smallest absolute Gasteiger partial charge is 0.271 e. The first-order chi connectivity index (χ1) is 14.6. The van der Waals surface area contributed by atoms with Gasteiger partial charge in [0.1, 0.15) is 6.54 Å². The Kier molecular flexibility index (Phi) is 7.45. The molecule has 0 aliphatic rings. The van der Waals surface area contributed by atoms with E-state index >= 15 is 0 Å². The largest absolute Gasteiger partial charge is 0.417 e. The van der Waals surface area contributed by atoms with E-state index < -0.39 is 56.7 Å². The fourth-order valence-electron chi connectivity index (χ4n) is 2.49. The van der Waals surface area contributed by atoms with E-state index in [1.165, 1.54) is 6.07 Å². The van der Waals surface area contributed by atoms with Gasteiger partial charge in [-0.2, -0.15) is 31.4 Å². The monoisotopic (exact) mass is 501 g/mol. The summed E-state index contributed by atoms with van der Waals surface area (Å²) in [6, 6.07) is 6.60. The third-order valence-electron chi connectivity index (χ3n) is 3.89. The molecule has 2 aromatic carbocycles. The number of rotatable bonds is 6. The van der Waals surface area contributed by atoms with Crippen molar-refractivity contribution >= 4 is 39.4 Å². The van der Waals surface area contributed by atoms with Gasteiger partial charge in [0.25, 0.3) is 5.91 Å². The number of anilines is 1. The first-order valence-electron chi connectivity index (χ1n) is 8.43. The van der Waals surface area contributed by atoms with Gasteiger partial charge in [-0.15, -0.1) is 0 Å². The maximum Gasteiger partial charge on any atom is 0.417 e. The molecule has 0 heterocycles. The quantitative estimate of drug-likeness (QED) is 0.364. The normalized spacial score (nSPS) is 12.8. The van der Waals surface area contributed by atoms with Crippen LogP contribution < -0.4 is 9.73 Å². The van der Waals surface area contributed by atoms with Gasteiger partial charge in [-0.1, -0.05) is 29.8 Å². The van der Waals surface area contributed by atoms with Crippen LogP contribution in [-0.2, 0) is 27.2 Å². The Morgan fingerprint density at radius 1 is 1.06 bits per heavy atom. The van der Waals surface area contributed by atoms with Crippen molar-refractivity contribution < 1.29 is 39.6 Å². The van der Waals surface area contributed by atoms with Crippen molar-refractivity contribution in [3.8, 4) is 0 Å². The highest BCUT2D eigenvalue weighted by Gasteiger charge is 2.35. The molecule has 2 aromatic rings. The van der Waals surface area contributed by atoms with Crippen molar-refractivity contribution in [1.82, 2.24) is 5.43 Å². The highest BCUT2D eigenvalue weighted by Crippen LogP contribution is 2.37. The third kappa shape index (κ3) is 6.60. The summed E-state index contributed by atoms with van der Waals surface area (Å²) in [4.78, 5) is 12.1. The summed E-state index contributed by atoms with van der Waals surface area (Å²) in [5.74, 6) is -1.11. The number of carbonyl (C=O) groups excluding carboxylic acids is 1. The van der Waals surface area contributed by atoms with Crippen molar-refractivity contribution in [3.63, 3.8) is 0 Å². The number of hydrazone groups is 1. The van der Waals surface area contributed by atoms with Gasteiger partial charge in [0.2, 0.25) is 10.0 Å². The molecule has 0 aromatic heterocycles. The Labute approximate surface area is 183 Å². The fraction of sp³-hybridized carbons (Fsp3) is 0.222. The van der Waals surface area contributed by atoms with Gasteiger partial charge in [-0.05, 0) is 24.3 Å². The number of nitrogens with zero attached hydrogens (tertiary/aromatic N) is 2. The maximum absolute atomic E-state index is 13.1. The minimum atomic E-state index is -4.88. The molecule has 0 saturated carbocycles. The zero-order chi connectivity index (χ0) is 24.3. The van der Waals surface area contributed by atoms with Gasteiger partial charge in [-0.25, -0.2) is 13.8 Å². The number of carbonyl (C=O) groups is 1. The number of amides is 1. The Bertz CT molecular complexity index is 1130. The molecule has 0 aliphatic carbocycles. The minimum absolute atomic E-state index is 0.368. The van der Waals surface area contributed by atoms with Crippen molar-refractivity contribution in [2.75, 3.05) is 17.1 Å². The van der Waals surface area contributed by atoms with Gasteiger partial charge in [0.15, 0.2) is 0 Å². The Hall–Kier alpha value is -2.80. The predicted octanol–water partition coefficient (Wildman–Crippen LogP) is 4.29. The lowest BCUT2D eigenvalue weighted by molar-refractivity contribution is -0.138. The molecule has 0 saturated heterocycles. The molecule has 0 radical (unpaired) electrons. The molecule has 174 valence electrons. The van der Waals surface area contributed by atoms with Crippen LogP contribution >= 0.6 is 11.6 Å². The van der Waals surface area contributed by atoms with Gasteiger partial charge >= 0.3 is 12.4 Å². The van der Waals surface area contributed by atoms with Crippen LogP contribution in [0.4, 0.5) is 32.0 Å². The summed E-state index contributed by atoms with van der Waals surface area (Å²) >= 11 is 5.51. The van der Waals surface area contributed by atoms with Crippen LogP contribution in [0, 0.1) is 0 Å². The van der Waals surface area contributed by atoms with Crippen LogP contribution in [0.15, 0.2) is 47.6 Å². The molecule has 2 rings (SSSR count). The fourth-order valence-corrected chi connectivity index (χ4v) is 3.57. The van der Waals surface area contributed by atoms with Crippen molar-refractivity contribution in [3.05, 3.63) is 64.2 Å². The van der Waals surface area contributed by atoms with E-state index in [9.17, 15) is 39.6 Å². The van der Waals surface area contributed by atoms with E-state index in [1.54, 1.807) is 0 Å². The first kappa shape index (κ1) is 25.5. The summed E-state index contributed by atoms with van der Waals surface area (Å²) in [7, 11) is -4.23. The average Bonchev–Trinajstić information content (AvgIpc) is 2.64. The average molecular weight is 502 g/mol. The predicted molar refractivity (Wildman–Crippen MR) is 106 cm³/mol. The van der Waals surface area contributed by atoms with Gasteiger partial charge in [0.05, 0.1) is 34.3 Å². The van der Waals surface area contributed by atoms with Crippen LogP contribution in [0.2, 0.25) is 5.02 Å². The SMILES string of the molecule is CS(=O)(=O)N(CC(=O)N/N=C\c1ccccc1C(F)(F)F)c1ccc(Cl)c(C(F)(F)F)c1. The van der Waals surface area contributed by atoms with Crippen LogP contribution in [0.25, 0.3) is 0 Å². The number of sulfonamides is 1. The lowest BCUT2D eigenvalue weighted by atomic mass is 10.1. The summed E-state index contributed by atoms with van der Waals surface area (Å²) in [6.07, 6.45) is -8.19. The number of halogens is 7. The van der Waals surface area contributed by atoms with E-state index in [0.717, 1.165) is 30.3 Å². The second kappa shape index (κ2) is 9.36. The van der Waals surface area contributed by atoms with E-state index in [0.29, 0.717) is 22.8 Å². The zero-order valence-electron chi connectivity index (χ0n) is 16.0. The van der Waals surface area contributed by atoms with E-state index in [2.05, 4.69) is 5.10 Å². The number of hydrogen-bond donors (Lipinski definition) is 1. The topological polar surface area (TPSA) is 78.8 Å². The van der Waals surface area contributed by atoms with Crippen LogP contribution in [0.3, 0.4) is 0 Å². The molecule has 0 unspecified atom stereocenters. The molecule has 0 spiro atoms. The molecule has 0 atom stereocenters. The van der Waals surface area contributed by atoms with Crippen LogP contribution in [-0.4, -0.2) is 33.3 Å². The lowest BCUT2D eigenvalue weighted by Gasteiger charge is -2.22. The zero-order valence-corrected chi connectivity index (χ0v) is 17.6. The molecule has 0 fully saturated rings. The maximum atomic E-state index is 13.1. The standard InChI is InChI=1S/C18H14ClF6N3O3S/c1-32(30,31)28(12-6-7-15(19)14(8-12)18(23,24)25)10-16(29)27-26-9-11-4-2-3-5-13(11)17(20,21)22/h2-9H,10H2,1H3,(H,27,29)/b26-9-. The Balaban J connectivity index is 2.24. The minimum Gasteiger partial charge on any atom is -0.271 e. The Morgan fingerprint density at radius 3 is 2.22 bits per heavy atom. The van der Waals surface area contributed by atoms with Crippen molar-refractivity contribution in [2.24, 2.45) is 5.10 Å². The van der Waals surface area contributed by atoms with Gasteiger partial charge in [-0.3, -0.25) is 9.10 Å². The van der Waals surface area contributed by atoms with E-state index in [-0.39, 0.29) is 5.56 Å². The van der Waals surface area contributed by atoms with Crippen molar-refractivity contribution in [1.29, 1.82) is 0 Å². The van der Waals surface area contributed by atoms with Gasteiger partial charge in [0, 0.05) is 5.56 Å². The second-order valence-corrected chi connectivity index (χ2v) is 8.62. The number of nitrogens with one attached hydrogen (secondary N) is 1. The van der Waals surface area contributed by atoms with E-state index in [4.69, 9.17) is 11.6 Å². The second-order valence-electron chi connectivity index (χ2n) is 6.31. The Morgan fingerprint density at radius 2 is 1.66 bits per heavy atom. The summed E-state index contributed by atoms with van der Waals surface area (Å²) < 4.78 is 102. The third-order valence-corrected chi connectivity index (χ3v) is 5.36. The number of hydrogen-bond acceptors (Lipinski definition) is 4. The molecular weight excluding hydrogens is 488 g/mol. The number of alkyl halides is 6. The molecule has 6 nitrogen and oxygen atoms in total. The first-order valence-corrected chi connectivity index (χ1v) is 10.7. The summed E-state index contributed by atoms with van der Waals surface area (Å²) in [6.45, 7) is -0.990. The van der Waals surface area contributed by atoms with Gasteiger partial charge < -0.3 is 0 Å². The van der Waals surface area contributed by atoms with Crippen LogP contribution in [0.5, 0.6) is 0 Å². The molecule has 0 aliphatic heterocycles. The van der Waals surface area contributed by atoms with E-state index in [1.807, 2.05) is 5.43 Å². The summed E-state index contributed by atoms with van der Waals surface area (Å²) in [5, 5.41) is 2.69. The molecule has 14 heteroatoms. The molecule has 0 bridgehead atoms. The molecule has 32 heavy (non-hydrogen) atoms. The lowest BCUT2D eigenvalue weighted by Crippen LogP contribution is -2.39. The van der Waals surface area contributed by atoms with Crippen LogP contribution in [0.1, 0.15) is 16.7 Å². The molecular formula is C18H14ClF6N3O3S. The highest BCUT2D eigenvalue weighted by molar-refractivity contribution is 7.92. The molecule has 1 N–H and O–H groups in total.